The minimum absolute atomic E-state index is 0.0863. The van der Waals surface area contributed by atoms with E-state index in [4.69, 9.17) is 4.74 Å². The Bertz CT molecular complexity index is 1240. The Kier molecular flexibility index (Phi) is 4.02. The van der Waals surface area contributed by atoms with Crippen LogP contribution < -0.4 is 4.90 Å². The molecule has 1 aliphatic rings. The minimum atomic E-state index is -0.947. The average molecular weight is 446 g/mol. The Balaban J connectivity index is 1.89. The number of benzene rings is 2. The zero-order valence-corrected chi connectivity index (χ0v) is 16.4. The summed E-state index contributed by atoms with van der Waals surface area (Å²) in [4.78, 5) is 6.41. The summed E-state index contributed by atoms with van der Waals surface area (Å²) in [5.41, 5.74) is 2.21. The Labute approximate surface area is 166 Å². The van der Waals surface area contributed by atoms with E-state index in [-0.39, 0.29) is 11.2 Å². The number of fused-ring (bicyclic) bond motifs is 4. The summed E-state index contributed by atoms with van der Waals surface area (Å²) in [7, 11) is 0. The lowest BCUT2D eigenvalue weighted by Crippen LogP contribution is -2.23. The van der Waals surface area contributed by atoms with E-state index in [0.717, 1.165) is 21.8 Å². The van der Waals surface area contributed by atoms with Crippen LogP contribution >= 0.6 is 15.9 Å². The van der Waals surface area contributed by atoms with Crippen molar-refractivity contribution in [2.75, 3.05) is 18.1 Å². The van der Waals surface area contributed by atoms with Crippen LogP contribution in [0.5, 0.6) is 0 Å². The Morgan fingerprint density at radius 2 is 2.00 bits per heavy atom. The Hall–Kier alpha value is -2.65. The third kappa shape index (κ3) is 2.50. The highest BCUT2D eigenvalue weighted by Gasteiger charge is 2.26. The number of anilines is 2. The van der Waals surface area contributed by atoms with Gasteiger partial charge in [-0.05, 0) is 31.2 Å². The molecular formula is C19H14BrF2N5O. The van der Waals surface area contributed by atoms with Crippen LogP contribution in [0.2, 0.25) is 0 Å². The quantitative estimate of drug-likeness (QED) is 0.437. The number of hydrogen-bond acceptors (Lipinski definition) is 5. The van der Waals surface area contributed by atoms with Crippen molar-refractivity contribution in [1.82, 2.24) is 19.6 Å². The van der Waals surface area contributed by atoms with Crippen molar-refractivity contribution < 1.29 is 13.5 Å². The third-order valence-electron chi connectivity index (χ3n) is 4.90. The van der Waals surface area contributed by atoms with Crippen molar-refractivity contribution >= 4 is 44.1 Å². The van der Waals surface area contributed by atoms with Crippen LogP contribution in [0.15, 0.2) is 34.8 Å². The highest BCUT2D eigenvalue weighted by atomic mass is 79.9. The fourth-order valence-electron chi connectivity index (χ4n) is 3.60. The molecule has 28 heavy (non-hydrogen) atoms. The second kappa shape index (κ2) is 6.46. The van der Waals surface area contributed by atoms with E-state index in [0.29, 0.717) is 36.9 Å². The first-order chi connectivity index (χ1) is 13.6. The summed E-state index contributed by atoms with van der Waals surface area (Å²) in [6.45, 7) is 3.01. The van der Waals surface area contributed by atoms with E-state index < -0.39 is 11.6 Å². The second-order valence-electron chi connectivity index (χ2n) is 6.52. The van der Waals surface area contributed by atoms with Gasteiger partial charge in [0.05, 0.1) is 24.1 Å². The van der Waals surface area contributed by atoms with Gasteiger partial charge in [-0.1, -0.05) is 22.0 Å². The zero-order valence-electron chi connectivity index (χ0n) is 14.8. The molecule has 6 nitrogen and oxygen atoms in total. The smallest absolute Gasteiger partial charge is 0.257 e. The second-order valence-corrected chi connectivity index (χ2v) is 7.37. The van der Waals surface area contributed by atoms with Crippen LogP contribution in [-0.2, 0) is 11.3 Å². The fourth-order valence-corrected chi connectivity index (χ4v) is 4.07. The molecule has 142 valence electrons. The van der Waals surface area contributed by atoms with Crippen LogP contribution in [0.4, 0.5) is 20.3 Å². The van der Waals surface area contributed by atoms with Crippen LogP contribution in [0.1, 0.15) is 11.4 Å². The Morgan fingerprint density at radius 1 is 1.14 bits per heavy atom. The van der Waals surface area contributed by atoms with Crippen molar-refractivity contribution in [3.05, 3.63) is 57.8 Å². The monoisotopic (exact) mass is 445 g/mol. The molecule has 0 fully saturated rings. The molecule has 0 aliphatic carbocycles. The van der Waals surface area contributed by atoms with Gasteiger partial charge in [0.2, 0.25) is 0 Å². The first-order valence-electron chi connectivity index (χ1n) is 8.68. The molecule has 5 rings (SSSR count). The lowest BCUT2D eigenvalue weighted by Gasteiger charge is -2.25. The summed E-state index contributed by atoms with van der Waals surface area (Å²) in [6.07, 6.45) is 0. The fraction of sp³-hybridized carbons (Fsp3) is 0.211. The molecule has 0 unspecified atom stereocenters. The van der Waals surface area contributed by atoms with E-state index in [9.17, 15) is 4.39 Å². The van der Waals surface area contributed by atoms with Crippen molar-refractivity contribution in [2.24, 2.45) is 0 Å². The molecule has 3 heterocycles. The summed E-state index contributed by atoms with van der Waals surface area (Å²) in [6, 6.07) is 8.36. The predicted molar refractivity (Wildman–Crippen MR) is 104 cm³/mol. The highest BCUT2D eigenvalue weighted by Crippen LogP contribution is 2.38. The molecule has 0 radical (unpaired) electrons. The highest BCUT2D eigenvalue weighted by molar-refractivity contribution is 9.10. The topological polar surface area (TPSA) is 55.5 Å². The molecule has 2 aromatic heterocycles. The maximum atomic E-state index is 15.0. The molecule has 2 aromatic carbocycles. The molecule has 0 saturated carbocycles. The number of halogens is 3. The molecule has 1 aliphatic heterocycles. The largest absolute Gasteiger partial charge is 0.375 e. The molecule has 9 heteroatoms. The van der Waals surface area contributed by atoms with E-state index in [1.807, 2.05) is 23.1 Å². The molecule has 0 spiro atoms. The summed E-state index contributed by atoms with van der Waals surface area (Å²) in [5.74, 6) is -0.713. The number of aromatic nitrogens is 4. The van der Waals surface area contributed by atoms with Gasteiger partial charge in [-0.15, -0.1) is 10.2 Å². The van der Waals surface area contributed by atoms with Crippen molar-refractivity contribution in [2.45, 2.75) is 13.5 Å². The van der Waals surface area contributed by atoms with Crippen LogP contribution in [0.3, 0.4) is 0 Å². The number of ether oxygens (including phenoxy) is 1. The summed E-state index contributed by atoms with van der Waals surface area (Å²) >= 11 is 3.55. The standard InChI is InChI=1S/C19H14BrF2N5O/c1-10-24-25-19-23-18(16-15(27(10)19)6-5-13(21)17(16)22)26-7-8-28-9-11-12(20)3-2-4-14(11)26/h2-6H,7-9H2,1H3. The summed E-state index contributed by atoms with van der Waals surface area (Å²) < 4.78 is 37.4. The van der Waals surface area contributed by atoms with E-state index in [2.05, 4.69) is 31.1 Å². The first-order valence-corrected chi connectivity index (χ1v) is 9.47. The van der Waals surface area contributed by atoms with Crippen LogP contribution in [-0.4, -0.2) is 32.7 Å². The molecule has 0 bridgehead atoms. The van der Waals surface area contributed by atoms with Gasteiger partial charge >= 0.3 is 0 Å². The molecule has 0 atom stereocenters. The minimum Gasteiger partial charge on any atom is -0.375 e. The molecule has 4 aromatic rings. The predicted octanol–water partition coefficient (Wildman–Crippen LogP) is 4.29. The van der Waals surface area contributed by atoms with Crippen molar-refractivity contribution in [3.8, 4) is 0 Å². The maximum absolute atomic E-state index is 15.0. The van der Waals surface area contributed by atoms with Gasteiger partial charge in [-0.25, -0.2) is 8.78 Å². The number of aryl methyl sites for hydroxylation is 1. The average Bonchev–Trinajstić information content (AvgIpc) is 2.92. The van der Waals surface area contributed by atoms with Gasteiger partial charge < -0.3 is 9.64 Å². The van der Waals surface area contributed by atoms with E-state index >= 15 is 4.39 Å². The van der Waals surface area contributed by atoms with Gasteiger partial charge in [0.1, 0.15) is 11.6 Å². The van der Waals surface area contributed by atoms with Crippen LogP contribution in [0.25, 0.3) is 16.7 Å². The van der Waals surface area contributed by atoms with Gasteiger partial charge in [0.15, 0.2) is 11.6 Å². The number of nitrogens with zero attached hydrogens (tertiary/aromatic N) is 5. The van der Waals surface area contributed by atoms with Gasteiger partial charge in [-0.2, -0.15) is 4.98 Å². The van der Waals surface area contributed by atoms with Crippen LogP contribution in [0, 0.1) is 18.6 Å². The normalized spacial score (nSPS) is 14.5. The Morgan fingerprint density at radius 3 is 2.86 bits per heavy atom. The van der Waals surface area contributed by atoms with E-state index in [1.54, 1.807) is 11.3 Å². The first kappa shape index (κ1) is 17.4. The lowest BCUT2D eigenvalue weighted by molar-refractivity contribution is 0.133. The number of rotatable bonds is 1. The van der Waals surface area contributed by atoms with Crippen molar-refractivity contribution in [3.63, 3.8) is 0 Å². The lowest BCUT2D eigenvalue weighted by atomic mass is 10.1. The van der Waals surface area contributed by atoms with Gasteiger partial charge in [0, 0.05) is 22.3 Å². The molecule has 0 saturated heterocycles. The molecule has 0 N–H and O–H groups in total. The van der Waals surface area contributed by atoms with Gasteiger partial charge in [-0.3, -0.25) is 4.40 Å². The SMILES string of the molecule is Cc1nnc2nc(N3CCOCc4c(Br)cccc43)c3c(F)c(F)ccc3n12. The maximum Gasteiger partial charge on any atom is 0.257 e. The zero-order chi connectivity index (χ0) is 19.4. The third-order valence-corrected chi connectivity index (χ3v) is 5.64. The van der Waals surface area contributed by atoms with Crippen molar-refractivity contribution in [1.29, 1.82) is 0 Å². The molecular weight excluding hydrogens is 432 g/mol. The van der Waals surface area contributed by atoms with E-state index in [1.165, 1.54) is 6.07 Å². The van der Waals surface area contributed by atoms with Gasteiger partial charge in [0.25, 0.3) is 5.78 Å². The number of hydrogen-bond donors (Lipinski definition) is 0. The summed E-state index contributed by atoms with van der Waals surface area (Å²) in [5, 5.41) is 8.22. The molecule has 0 amide bonds.